The van der Waals surface area contributed by atoms with Crippen LogP contribution in [0.3, 0.4) is 0 Å². The zero-order chi connectivity index (χ0) is 18.4. The number of benzene rings is 1. The van der Waals surface area contributed by atoms with Crippen LogP contribution in [0.1, 0.15) is 10.4 Å². The minimum atomic E-state index is -3.18. The molecule has 1 amide bonds. The molecule has 7 nitrogen and oxygen atoms in total. The molecule has 8 heteroatoms. The Kier molecular flexibility index (Phi) is 4.68. The number of sulfone groups is 1. The molecule has 2 aliphatic rings. The van der Waals surface area contributed by atoms with Crippen molar-refractivity contribution in [1.29, 1.82) is 0 Å². The lowest BCUT2D eigenvalue weighted by Crippen LogP contribution is -2.38. The molecule has 2 aliphatic heterocycles. The molecular formula is C17H24N2O5S. The molecule has 25 heavy (non-hydrogen) atoms. The molecule has 3 rings (SSSR count). The summed E-state index contributed by atoms with van der Waals surface area (Å²) in [6, 6.07) is 4.97. The van der Waals surface area contributed by atoms with E-state index in [0.29, 0.717) is 23.6 Å². The molecule has 0 aliphatic carbocycles. The number of fused-ring (bicyclic) bond motifs is 1. The van der Waals surface area contributed by atoms with Crippen LogP contribution < -0.4 is 9.47 Å². The fourth-order valence-electron chi connectivity index (χ4n) is 3.88. The summed E-state index contributed by atoms with van der Waals surface area (Å²) in [7, 11) is 3.64. The third-order valence-corrected chi connectivity index (χ3v) is 7.48. The predicted octanol–water partition coefficient (Wildman–Crippen LogP) is 0.503. The van der Waals surface area contributed by atoms with Crippen LogP contribution in [0.15, 0.2) is 18.2 Å². The van der Waals surface area contributed by atoms with E-state index in [-0.39, 0.29) is 30.2 Å². The first kappa shape index (κ1) is 18.0. The van der Waals surface area contributed by atoms with Crippen molar-refractivity contribution in [3.05, 3.63) is 23.8 Å². The fourth-order valence-corrected chi connectivity index (χ4v) is 6.35. The molecule has 2 fully saturated rings. The molecule has 0 spiro atoms. The molecule has 0 bridgehead atoms. The van der Waals surface area contributed by atoms with Crippen molar-refractivity contribution in [3.63, 3.8) is 0 Å². The summed E-state index contributed by atoms with van der Waals surface area (Å²) < 4.78 is 35.4. The average molecular weight is 368 g/mol. The number of hydrogen-bond donors (Lipinski definition) is 0. The summed E-state index contributed by atoms with van der Waals surface area (Å²) >= 11 is 0. The van der Waals surface area contributed by atoms with E-state index in [4.69, 9.17) is 9.47 Å². The predicted molar refractivity (Wildman–Crippen MR) is 94.0 cm³/mol. The Labute approximate surface area is 148 Å². The highest BCUT2D eigenvalue weighted by Crippen LogP contribution is 2.37. The number of ether oxygens (including phenoxy) is 2. The van der Waals surface area contributed by atoms with Crippen LogP contribution in [0.5, 0.6) is 11.5 Å². The number of carbonyl (C=O) groups is 1. The highest BCUT2D eigenvalue weighted by atomic mass is 32.2. The summed E-state index contributed by atoms with van der Waals surface area (Å²) in [4.78, 5) is 16.5. The van der Waals surface area contributed by atoms with Crippen molar-refractivity contribution in [2.75, 3.05) is 47.2 Å². The Bertz CT molecular complexity index is 777. The number of hydrogen-bond acceptors (Lipinski definition) is 6. The van der Waals surface area contributed by atoms with E-state index >= 15 is 0 Å². The monoisotopic (exact) mass is 368 g/mol. The zero-order valence-corrected chi connectivity index (χ0v) is 15.7. The second-order valence-corrected chi connectivity index (χ2v) is 9.10. The first-order valence-electron chi connectivity index (χ1n) is 8.17. The average Bonchev–Trinajstić information content (AvgIpc) is 3.13. The molecule has 0 saturated carbocycles. The number of likely N-dealkylation sites (tertiary alicyclic amines) is 1. The fraction of sp³-hybridized carbons (Fsp3) is 0.588. The zero-order valence-electron chi connectivity index (χ0n) is 14.9. The first-order chi connectivity index (χ1) is 11.8. The Morgan fingerprint density at radius 1 is 1.20 bits per heavy atom. The van der Waals surface area contributed by atoms with E-state index in [9.17, 15) is 13.2 Å². The van der Waals surface area contributed by atoms with Crippen molar-refractivity contribution < 1.29 is 22.7 Å². The molecular weight excluding hydrogens is 344 g/mol. The molecule has 2 heterocycles. The number of nitrogens with zero attached hydrogens (tertiary/aromatic N) is 2. The van der Waals surface area contributed by atoms with Gasteiger partial charge >= 0.3 is 0 Å². The summed E-state index contributed by atoms with van der Waals surface area (Å²) in [6.45, 7) is 0.687. The van der Waals surface area contributed by atoms with Gasteiger partial charge in [-0.2, -0.15) is 0 Å². The van der Waals surface area contributed by atoms with Gasteiger partial charge in [0.15, 0.2) is 9.84 Å². The van der Waals surface area contributed by atoms with E-state index in [1.54, 1.807) is 30.2 Å². The highest BCUT2D eigenvalue weighted by molar-refractivity contribution is 7.92. The summed E-state index contributed by atoms with van der Waals surface area (Å²) in [6.07, 6.45) is 0. The molecule has 0 aromatic heterocycles. The highest BCUT2D eigenvalue weighted by Gasteiger charge is 2.53. The third-order valence-electron chi connectivity index (χ3n) is 5.26. The number of methoxy groups -OCH3 is 2. The lowest BCUT2D eigenvalue weighted by molar-refractivity contribution is 0.0776. The summed E-state index contributed by atoms with van der Waals surface area (Å²) in [5.74, 6) is 0.939. The maximum absolute atomic E-state index is 12.9. The lowest BCUT2D eigenvalue weighted by Gasteiger charge is -2.25. The van der Waals surface area contributed by atoms with Crippen LogP contribution >= 0.6 is 0 Å². The van der Waals surface area contributed by atoms with Gasteiger partial charge in [-0.1, -0.05) is 0 Å². The molecule has 0 N–H and O–H groups in total. The Hall–Kier alpha value is -1.80. The van der Waals surface area contributed by atoms with Crippen LogP contribution in [0.4, 0.5) is 0 Å². The standard InChI is InChI=1S/C17H24N2O5S/c1-18(2)14-10-25(21,22)16-9-19(8-13(14)16)17(20)12-6-5-11(23-3)7-15(12)24-4/h5-7,13-14,16H,8-10H2,1-4H3/t13-,14+,16-/m0/s1. The topological polar surface area (TPSA) is 76.2 Å². The Balaban J connectivity index is 1.86. The van der Waals surface area contributed by atoms with Gasteiger partial charge in [0.1, 0.15) is 11.5 Å². The van der Waals surface area contributed by atoms with Crippen molar-refractivity contribution in [1.82, 2.24) is 9.80 Å². The van der Waals surface area contributed by atoms with E-state index < -0.39 is 15.1 Å². The molecule has 1 aromatic rings. The molecule has 1 aromatic carbocycles. The van der Waals surface area contributed by atoms with Gasteiger partial charge < -0.3 is 19.3 Å². The van der Waals surface area contributed by atoms with Crippen molar-refractivity contribution in [2.24, 2.45) is 5.92 Å². The minimum absolute atomic E-state index is 0.0480. The molecule has 0 unspecified atom stereocenters. The van der Waals surface area contributed by atoms with E-state index in [1.165, 1.54) is 7.11 Å². The quantitative estimate of drug-likeness (QED) is 0.771. The molecule has 0 radical (unpaired) electrons. The van der Waals surface area contributed by atoms with Crippen molar-refractivity contribution in [2.45, 2.75) is 11.3 Å². The van der Waals surface area contributed by atoms with Gasteiger partial charge in [-0.3, -0.25) is 4.79 Å². The van der Waals surface area contributed by atoms with Gasteiger partial charge in [-0.25, -0.2) is 8.42 Å². The van der Waals surface area contributed by atoms with Gasteiger partial charge in [0, 0.05) is 31.1 Å². The van der Waals surface area contributed by atoms with Crippen LogP contribution in [-0.2, 0) is 9.84 Å². The summed E-state index contributed by atoms with van der Waals surface area (Å²) in [5, 5.41) is -0.479. The molecule has 3 atom stereocenters. The molecule has 138 valence electrons. The summed E-state index contributed by atoms with van der Waals surface area (Å²) in [5.41, 5.74) is 0.419. The third kappa shape index (κ3) is 3.08. The van der Waals surface area contributed by atoms with Crippen LogP contribution in [0.25, 0.3) is 0 Å². The SMILES string of the molecule is COc1ccc(C(=O)N2C[C@H]3[C@H](N(C)C)CS(=O)(=O)[C@H]3C2)c(OC)c1. The number of rotatable bonds is 4. The first-order valence-corrected chi connectivity index (χ1v) is 9.89. The van der Waals surface area contributed by atoms with Crippen LogP contribution in [0, 0.1) is 5.92 Å². The van der Waals surface area contributed by atoms with E-state index in [1.807, 2.05) is 19.0 Å². The maximum atomic E-state index is 12.9. The smallest absolute Gasteiger partial charge is 0.257 e. The van der Waals surface area contributed by atoms with Crippen LogP contribution in [0.2, 0.25) is 0 Å². The Morgan fingerprint density at radius 3 is 2.52 bits per heavy atom. The normalized spacial score (nSPS) is 27.4. The number of amides is 1. The second-order valence-electron chi connectivity index (χ2n) is 6.84. The largest absolute Gasteiger partial charge is 0.497 e. The maximum Gasteiger partial charge on any atom is 0.257 e. The van der Waals surface area contributed by atoms with Crippen molar-refractivity contribution >= 4 is 15.7 Å². The molecule has 2 saturated heterocycles. The van der Waals surface area contributed by atoms with Gasteiger partial charge in [0.2, 0.25) is 0 Å². The van der Waals surface area contributed by atoms with E-state index in [2.05, 4.69) is 0 Å². The van der Waals surface area contributed by atoms with Gasteiger partial charge in [0.05, 0.1) is 30.8 Å². The lowest BCUT2D eigenvalue weighted by atomic mass is 10.00. The Morgan fingerprint density at radius 2 is 1.92 bits per heavy atom. The van der Waals surface area contributed by atoms with Gasteiger partial charge in [-0.05, 0) is 26.2 Å². The van der Waals surface area contributed by atoms with E-state index in [0.717, 1.165) is 0 Å². The van der Waals surface area contributed by atoms with Gasteiger partial charge in [-0.15, -0.1) is 0 Å². The minimum Gasteiger partial charge on any atom is -0.497 e. The van der Waals surface area contributed by atoms with Crippen LogP contribution in [-0.4, -0.2) is 82.6 Å². The van der Waals surface area contributed by atoms with Gasteiger partial charge in [0.25, 0.3) is 5.91 Å². The number of carbonyl (C=O) groups excluding carboxylic acids is 1. The second kappa shape index (κ2) is 6.49. The van der Waals surface area contributed by atoms with Crippen molar-refractivity contribution in [3.8, 4) is 11.5 Å².